The minimum absolute atomic E-state index is 0.150. The van der Waals surface area contributed by atoms with Crippen LogP contribution in [-0.2, 0) is 20.7 Å². The molecule has 0 unspecified atom stereocenters. The first-order chi connectivity index (χ1) is 13.9. The number of benzene rings is 1. The summed E-state index contributed by atoms with van der Waals surface area (Å²) in [6.07, 6.45) is 1.02. The minimum atomic E-state index is -1.14. The zero-order valence-corrected chi connectivity index (χ0v) is 18.2. The number of carbonyl (C=O) groups is 3. The molecule has 30 heavy (non-hydrogen) atoms. The van der Waals surface area contributed by atoms with E-state index in [-0.39, 0.29) is 12.3 Å². The van der Waals surface area contributed by atoms with E-state index in [1.54, 1.807) is 65.0 Å². The van der Waals surface area contributed by atoms with Crippen molar-refractivity contribution in [1.29, 1.82) is 0 Å². The average molecular weight is 421 g/mol. The number of alkyl carbamates (subject to hydrolysis) is 1. The Morgan fingerprint density at radius 3 is 2.20 bits per heavy atom. The summed E-state index contributed by atoms with van der Waals surface area (Å²) in [6, 6.07) is 4.94. The van der Waals surface area contributed by atoms with Gasteiger partial charge in [0.2, 0.25) is 5.91 Å². The van der Waals surface area contributed by atoms with Crippen LogP contribution in [0.2, 0.25) is 0 Å². The van der Waals surface area contributed by atoms with Crippen LogP contribution in [0.15, 0.2) is 36.9 Å². The van der Waals surface area contributed by atoms with Crippen LogP contribution in [0, 0.1) is 5.92 Å². The molecule has 0 aliphatic carbocycles. The van der Waals surface area contributed by atoms with Crippen molar-refractivity contribution in [3.8, 4) is 5.75 Å². The molecule has 1 rings (SSSR count). The highest BCUT2D eigenvalue weighted by Crippen LogP contribution is 2.15. The van der Waals surface area contributed by atoms with Gasteiger partial charge in [-0.3, -0.25) is 4.79 Å². The first-order valence-electron chi connectivity index (χ1n) is 9.78. The number of hydrogen-bond donors (Lipinski definition) is 3. The van der Waals surface area contributed by atoms with Crippen molar-refractivity contribution in [2.75, 3.05) is 6.61 Å². The van der Waals surface area contributed by atoms with Crippen molar-refractivity contribution in [2.45, 2.75) is 58.7 Å². The van der Waals surface area contributed by atoms with Crippen molar-refractivity contribution < 1.29 is 29.0 Å². The zero-order chi connectivity index (χ0) is 22.9. The fraction of sp³-hybridized carbons (Fsp3) is 0.500. The van der Waals surface area contributed by atoms with Crippen molar-refractivity contribution in [2.24, 2.45) is 5.92 Å². The molecule has 8 nitrogen and oxygen atoms in total. The average Bonchev–Trinajstić information content (AvgIpc) is 2.62. The molecule has 0 fully saturated rings. The molecule has 0 saturated heterocycles. The SMILES string of the molecule is C=CCOc1ccc(C[C@H](NC(=O)OC(C)(C)C)C(=O)N[C@H](C(=O)O)C(C)C)cc1. The van der Waals surface area contributed by atoms with Crippen molar-refractivity contribution in [3.05, 3.63) is 42.5 Å². The fourth-order valence-electron chi connectivity index (χ4n) is 2.54. The van der Waals surface area contributed by atoms with Gasteiger partial charge in [-0.1, -0.05) is 38.6 Å². The molecule has 0 spiro atoms. The van der Waals surface area contributed by atoms with E-state index in [0.29, 0.717) is 12.4 Å². The van der Waals surface area contributed by atoms with Gasteiger partial charge in [0.1, 0.15) is 30.0 Å². The third-order valence-corrected chi connectivity index (χ3v) is 3.97. The maximum absolute atomic E-state index is 12.8. The summed E-state index contributed by atoms with van der Waals surface area (Å²) in [5.41, 5.74) is 0.0186. The van der Waals surface area contributed by atoms with Crippen LogP contribution in [0.25, 0.3) is 0 Å². The molecule has 0 aliphatic heterocycles. The lowest BCUT2D eigenvalue weighted by Crippen LogP contribution is -2.54. The van der Waals surface area contributed by atoms with E-state index < -0.39 is 35.7 Å². The molecule has 1 aromatic carbocycles. The monoisotopic (exact) mass is 420 g/mol. The van der Waals surface area contributed by atoms with E-state index in [4.69, 9.17) is 9.47 Å². The van der Waals surface area contributed by atoms with Gasteiger partial charge in [0, 0.05) is 6.42 Å². The van der Waals surface area contributed by atoms with Gasteiger partial charge in [-0.05, 0) is 44.4 Å². The minimum Gasteiger partial charge on any atom is -0.490 e. The van der Waals surface area contributed by atoms with Gasteiger partial charge in [-0.2, -0.15) is 0 Å². The van der Waals surface area contributed by atoms with Crippen LogP contribution in [0.4, 0.5) is 4.79 Å². The standard InChI is InChI=1S/C22H32N2O6/c1-7-12-29-16-10-8-15(9-11-16)13-17(23-21(28)30-22(4,5)6)19(25)24-18(14(2)3)20(26)27/h7-11,14,17-18H,1,12-13H2,2-6H3,(H,23,28)(H,24,25)(H,26,27)/t17-,18-/m0/s1. The topological polar surface area (TPSA) is 114 Å². The normalized spacial score (nSPS) is 13.1. The zero-order valence-electron chi connectivity index (χ0n) is 18.2. The van der Waals surface area contributed by atoms with Gasteiger partial charge < -0.3 is 25.2 Å². The number of hydrogen-bond acceptors (Lipinski definition) is 5. The number of ether oxygens (including phenoxy) is 2. The van der Waals surface area contributed by atoms with Gasteiger partial charge >= 0.3 is 12.1 Å². The molecule has 0 aromatic heterocycles. The number of rotatable bonds is 10. The summed E-state index contributed by atoms with van der Waals surface area (Å²) in [5, 5.41) is 14.4. The molecular weight excluding hydrogens is 388 g/mol. The lowest BCUT2D eigenvalue weighted by atomic mass is 10.0. The Labute approximate surface area is 177 Å². The molecule has 8 heteroatoms. The number of nitrogens with one attached hydrogen (secondary N) is 2. The largest absolute Gasteiger partial charge is 0.490 e. The van der Waals surface area contributed by atoms with Gasteiger partial charge in [0.25, 0.3) is 0 Å². The highest BCUT2D eigenvalue weighted by atomic mass is 16.6. The predicted molar refractivity (Wildman–Crippen MR) is 113 cm³/mol. The van der Waals surface area contributed by atoms with E-state index in [1.807, 2.05) is 0 Å². The summed E-state index contributed by atoms with van der Waals surface area (Å²) < 4.78 is 10.7. The predicted octanol–water partition coefficient (Wildman–Crippen LogP) is 2.91. The van der Waals surface area contributed by atoms with Crippen LogP contribution in [0.3, 0.4) is 0 Å². The molecule has 3 N–H and O–H groups in total. The van der Waals surface area contributed by atoms with Crippen LogP contribution >= 0.6 is 0 Å². The number of carboxylic acids is 1. The Balaban J connectivity index is 2.98. The Morgan fingerprint density at radius 1 is 1.13 bits per heavy atom. The Hall–Kier alpha value is -3.03. The first-order valence-corrected chi connectivity index (χ1v) is 9.78. The van der Waals surface area contributed by atoms with Crippen LogP contribution in [-0.4, -0.2) is 47.4 Å². The molecule has 0 aliphatic rings. The van der Waals surface area contributed by atoms with Crippen molar-refractivity contribution in [3.63, 3.8) is 0 Å². The number of aliphatic carboxylic acids is 1. The van der Waals surface area contributed by atoms with Gasteiger partial charge in [-0.15, -0.1) is 0 Å². The van der Waals surface area contributed by atoms with E-state index >= 15 is 0 Å². The van der Waals surface area contributed by atoms with Crippen molar-refractivity contribution in [1.82, 2.24) is 10.6 Å². The number of amides is 2. The third-order valence-electron chi connectivity index (χ3n) is 3.97. The lowest BCUT2D eigenvalue weighted by molar-refractivity contribution is -0.143. The molecule has 0 bridgehead atoms. The highest BCUT2D eigenvalue weighted by Gasteiger charge is 2.30. The second-order valence-corrected chi connectivity index (χ2v) is 8.22. The maximum atomic E-state index is 12.8. The van der Waals surface area contributed by atoms with Gasteiger partial charge in [-0.25, -0.2) is 9.59 Å². The Bertz CT molecular complexity index is 737. The van der Waals surface area contributed by atoms with E-state index in [9.17, 15) is 19.5 Å². The Morgan fingerprint density at radius 2 is 1.73 bits per heavy atom. The summed E-state index contributed by atoms with van der Waals surface area (Å²) in [5.74, 6) is -1.42. The highest BCUT2D eigenvalue weighted by molar-refractivity contribution is 5.89. The second-order valence-electron chi connectivity index (χ2n) is 8.22. The smallest absolute Gasteiger partial charge is 0.408 e. The van der Waals surface area contributed by atoms with Crippen LogP contribution < -0.4 is 15.4 Å². The molecule has 166 valence electrons. The summed E-state index contributed by atoms with van der Waals surface area (Å²) >= 11 is 0. The lowest BCUT2D eigenvalue weighted by Gasteiger charge is -2.25. The van der Waals surface area contributed by atoms with Gasteiger partial charge in [0.15, 0.2) is 0 Å². The van der Waals surface area contributed by atoms with Gasteiger partial charge in [0.05, 0.1) is 0 Å². The van der Waals surface area contributed by atoms with Crippen LogP contribution in [0.1, 0.15) is 40.2 Å². The van der Waals surface area contributed by atoms with Crippen molar-refractivity contribution >= 4 is 18.0 Å². The molecular formula is C22H32N2O6. The molecule has 1 aromatic rings. The quantitative estimate of drug-likeness (QED) is 0.502. The fourth-order valence-corrected chi connectivity index (χ4v) is 2.54. The Kier molecular flexibility index (Phi) is 9.36. The van der Waals surface area contributed by atoms with E-state index in [2.05, 4.69) is 17.2 Å². The molecule has 0 saturated carbocycles. The van der Waals surface area contributed by atoms with E-state index in [0.717, 1.165) is 5.56 Å². The molecule has 2 amide bonds. The summed E-state index contributed by atoms with van der Waals surface area (Å²) in [6.45, 7) is 12.5. The third kappa shape index (κ3) is 8.98. The van der Waals surface area contributed by atoms with E-state index in [1.165, 1.54) is 0 Å². The second kappa shape index (κ2) is 11.2. The summed E-state index contributed by atoms with van der Waals surface area (Å²) in [7, 11) is 0. The first kappa shape index (κ1) is 25.0. The maximum Gasteiger partial charge on any atom is 0.408 e. The molecule has 0 heterocycles. The van der Waals surface area contributed by atoms with Crippen LogP contribution in [0.5, 0.6) is 5.75 Å². The number of carboxylic acid groups (broad SMARTS) is 1. The summed E-state index contributed by atoms with van der Waals surface area (Å²) in [4.78, 5) is 36.5. The number of carbonyl (C=O) groups excluding carboxylic acids is 2. The molecule has 2 atom stereocenters. The molecule has 0 radical (unpaired) electrons.